The summed E-state index contributed by atoms with van der Waals surface area (Å²) in [5.74, 6) is 0. The molecule has 1 aromatic carbocycles. The maximum Gasteiger partial charge on any atom is 0.143 e. The first-order valence-electron chi connectivity index (χ1n) is 6.70. The van der Waals surface area contributed by atoms with E-state index in [4.69, 9.17) is 11.6 Å². The summed E-state index contributed by atoms with van der Waals surface area (Å²) in [5, 5.41) is 15.4. The molecule has 7 heteroatoms. The molecule has 1 aromatic heterocycles. The van der Waals surface area contributed by atoms with Gasteiger partial charge in [-0.05, 0) is 61.6 Å². The SMILES string of the molecule is CN1CCC(Nc2cc(-n3cnnn3)ccc2Cl)CC1. The largest absolute Gasteiger partial charge is 0.381 e. The molecule has 1 saturated heterocycles. The third-order valence-corrected chi connectivity index (χ3v) is 3.97. The predicted molar refractivity (Wildman–Crippen MR) is 78.3 cm³/mol. The minimum Gasteiger partial charge on any atom is -0.381 e. The number of hydrogen-bond donors (Lipinski definition) is 1. The van der Waals surface area contributed by atoms with Crippen molar-refractivity contribution in [3.63, 3.8) is 0 Å². The Morgan fingerprint density at radius 1 is 1.30 bits per heavy atom. The van der Waals surface area contributed by atoms with Crippen LogP contribution in [-0.4, -0.2) is 51.3 Å². The number of nitrogens with zero attached hydrogens (tertiary/aromatic N) is 5. The zero-order valence-corrected chi connectivity index (χ0v) is 12.1. The molecular weight excluding hydrogens is 276 g/mol. The Kier molecular flexibility index (Phi) is 3.84. The highest BCUT2D eigenvalue weighted by Crippen LogP contribution is 2.26. The van der Waals surface area contributed by atoms with Crippen LogP contribution in [0.25, 0.3) is 5.69 Å². The number of piperidine rings is 1. The van der Waals surface area contributed by atoms with Crippen molar-refractivity contribution in [3.05, 3.63) is 29.5 Å². The van der Waals surface area contributed by atoms with Crippen LogP contribution in [0.3, 0.4) is 0 Å². The summed E-state index contributed by atoms with van der Waals surface area (Å²) < 4.78 is 1.62. The number of nitrogens with one attached hydrogen (secondary N) is 1. The molecule has 0 unspecified atom stereocenters. The minimum absolute atomic E-state index is 0.466. The first-order chi connectivity index (χ1) is 9.72. The fourth-order valence-corrected chi connectivity index (χ4v) is 2.59. The Labute approximate surface area is 122 Å². The molecule has 0 bridgehead atoms. The van der Waals surface area contributed by atoms with Crippen LogP contribution in [0.2, 0.25) is 5.02 Å². The molecule has 3 rings (SSSR count). The number of hydrogen-bond acceptors (Lipinski definition) is 5. The van der Waals surface area contributed by atoms with Crippen molar-refractivity contribution in [2.75, 3.05) is 25.5 Å². The number of tetrazole rings is 1. The van der Waals surface area contributed by atoms with E-state index >= 15 is 0 Å². The van der Waals surface area contributed by atoms with Crippen LogP contribution in [0.1, 0.15) is 12.8 Å². The van der Waals surface area contributed by atoms with Crippen LogP contribution in [0.4, 0.5) is 5.69 Å². The fraction of sp³-hybridized carbons (Fsp3) is 0.462. The molecule has 1 fully saturated rings. The van der Waals surface area contributed by atoms with Crippen molar-refractivity contribution in [3.8, 4) is 5.69 Å². The summed E-state index contributed by atoms with van der Waals surface area (Å²) in [4.78, 5) is 2.34. The topological polar surface area (TPSA) is 58.9 Å². The Hall–Kier alpha value is -1.66. The smallest absolute Gasteiger partial charge is 0.143 e. The minimum atomic E-state index is 0.466. The standard InChI is InChI=1S/C13H17ClN6/c1-19-6-4-10(5-7-19)16-13-8-11(2-3-12(13)14)20-9-15-17-18-20/h2-3,8-10,16H,4-7H2,1H3. The van der Waals surface area contributed by atoms with Crippen LogP contribution in [0.5, 0.6) is 0 Å². The lowest BCUT2D eigenvalue weighted by Crippen LogP contribution is -2.36. The summed E-state index contributed by atoms with van der Waals surface area (Å²) in [6, 6.07) is 6.22. The monoisotopic (exact) mass is 292 g/mol. The molecule has 1 N–H and O–H groups in total. The predicted octanol–water partition coefficient (Wildman–Crippen LogP) is 1.82. The van der Waals surface area contributed by atoms with Crippen LogP contribution in [0, 0.1) is 0 Å². The molecule has 1 aliphatic rings. The number of rotatable bonds is 3. The number of benzene rings is 1. The summed E-state index contributed by atoms with van der Waals surface area (Å²) in [6.45, 7) is 2.23. The molecule has 1 aliphatic heterocycles. The lowest BCUT2D eigenvalue weighted by atomic mass is 10.1. The van der Waals surface area contributed by atoms with Gasteiger partial charge in [-0.15, -0.1) is 5.10 Å². The summed E-state index contributed by atoms with van der Waals surface area (Å²) in [7, 11) is 2.15. The molecule has 0 saturated carbocycles. The van der Waals surface area contributed by atoms with E-state index in [-0.39, 0.29) is 0 Å². The first kappa shape index (κ1) is 13.3. The maximum atomic E-state index is 6.27. The molecule has 2 aromatic rings. The highest BCUT2D eigenvalue weighted by Gasteiger charge is 2.17. The van der Waals surface area contributed by atoms with Gasteiger partial charge in [0.05, 0.1) is 16.4 Å². The van der Waals surface area contributed by atoms with Crippen LogP contribution in [-0.2, 0) is 0 Å². The Morgan fingerprint density at radius 2 is 2.10 bits per heavy atom. The van der Waals surface area contributed by atoms with E-state index in [0.717, 1.165) is 42.3 Å². The second-order valence-electron chi connectivity index (χ2n) is 5.14. The summed E-state index contributed by atoms with van der Waals surface area (Å²) >= 11 is 6.27. The molecule has 6 nitrogen and oxygen atoms in total. The molecule has 2 heterocycles. The van der Waals surface area contributed by atoms with E-state index in [1.54, 1.807) is 11.0 Å². The van der Waals surface area contributed by atoms with E-state index < -0.39 is 0 Å². The Balaban J connectivity index is 1.77. The average molecular weight is 293 g/mol. The number of anilines is 1. The van der Waals surface area contributed by atoms with Crippen molar-refractivity contribution < 1.29 is 0 Å². The van der Waals surface area contributed by atoms with Crippen LogP contribution in [0.15, 0.2) is 24.5 Å². The average Bonchev–Trinajstić information content (AvgIpc) is 2.98. The van der Waals surface area contributed by atoms with Gasteiger partial charge in [0.2, 0.25) is 0 Å². The molecule has 0 radical (unpaired) electrons. The molecule has 106 valence electrons. The lowest BCUT2D eigenvalue weighted by Gasteiger charge is -2.30. The van der Waals surface area contributed by atoms with E-state index in [2.05, 4.69) is 32.8 Å². The number of likely N-dealkylation sites (tertiary alicyclic amines) is 1. The fourth-order valence-electron chi connectivity index (χ4n) is 2.42. The Morgan fingerprint density at radius 3 is 2.80 bits per heavy atom. The van der Waals surface area contributed by atoms with Gasteiger partial charge in [-0.25, -0.2) is 4.68 Å². The summed E-state index contributed by atoms with van der Waals surface area (Å²) in [5.41, 5.74) is 1.84. The Bertz CT molecular complexity index is 562. The second-order valence-corrected chi connectivity index (χ2v) is 5.55. The zero-order chi connectivity index (χ0) is 13.9. The number of halogens is 1. The zero-order valence-electron chi connectivity index (χ0n) is 11.3. The van der Waals surface area contributed by atoms with Crippen molar-refractivity contribution in [2.24, 2.45) is 0 Å². The normalized spacial score (nSPS) is 17.3. The van der Waals surface area contributed by atoms with E-state index in [9.17, 15) is 0 Å². The molecular formula is C13H17ClN6. The summed E-state index contributed by atoms with van der Waals surface area (Å²) in [6.07, 6.45) is 3.83. The van der Waals surface area contributed by atoms with Crippen LogP contribution < -0.4 is 5.32 Å². The highest BCUT2D eigenvalue weighted by molar-refractivity contribution is 6.33. The molecule has 0 aliphatic carbocycles. The molecule has 0 amide bonds. The van der Waals surface area contributed by atoms with Gasteiger partial charge in [0, 0.05) is 6.04 Å². The van der Waals surface area contributed by atoms with Gasteiger partial charge in [-0.2, -0.15) is 0 Å². The quantitative estimate of drug-likeness (QED) is 0.935. The van der Waals surface area contributed by atoms with E-state index in [0.29, 0.717) is 6.04 Å². The van der Waals surface area contributed by atoms with Crippen molar-refractivity contribution in [1.82, 2.24) is 25.1 Å². The third-order valence-electron chi connectivity index (χ3n) is 3.64. The third kappa shape index (κ3) is 2.91. The molecule has 0 spiro atoms. The van der Waals surface area contributed by atoms with E-state index in [1.807, 2.05) is 18.2 Å². The van der Waals surface area contributed by atoms with Gasteiger partial charge in [-0.1, -0.05) is 11.6 Å². The maximum absolute atomic E-state index is 6.27. The molecule has 0 atom stereocenters. The number of aromatic nitrogens is 4. The van der Waals surface area contributed by atoms with Crippen molar-refractivity contribution in [2.45, 2.75) is 18.9 Å². The van der Waals surface area contributed by atoms with Gasteiger partial charge < -0.3 is 10.2 Å². The van der Waals surface area contributed by atoms with Crippen LogP contribution >= 0.6 is 11.6 Å². The molecule has 20 heavy (non-hydrogen) atoms. The lowest BCUT2D eigenvalue weighted by molar-refractivity contribution is 0.264. The van der Waals surface area contributed by atoms with Crippen molar-refractivity contribution >= 4 is 17.3 Å². The van der Waals surface area contributed by atoms with E-state index in [1.165, 1.54) is 0 Å². The van der Waals surface area contributed by atoms with Gasteiger partial charge in [-0.3, -0.25) is 0 Å². The first-order valence-corrected chi connectivity index (χ1v) is 7.08. The van der Waals surface area contributed by atoms with Gasteiger partial charge in [0.1, 0.15) is 6.33 Å². The van der Waals surface area contributed by atoms with Gasteiger partial charge in [0.25, 0.3) is 0 Å². The highest BCUT2D eigenvalue weighted by atomic mass is 35.5. The van der Waals surface area contributed by atoms with Gasteiger partial charge >= 0.3 is 0 Å². The van der Waals surface area contributed by atoms with Gasteiger partial charge in [0.15, 0.2) is 0 Å². The second kappa shape index (κ2) is 5.76. The van der Waals surface area contributed by atoms with Crippen molar-refractivity contribution in [1.29, 1.82) is 0 Å².